The number of ketones is 1. The van der Waals surface area contributed by atoms with E-state index in [1.165, 1.54) is 31.2 Å². The van der Waals surface area contributed by atoms with E-state index in [-0.39, 0.29) is 16.5 Å². The molecule has 0 aliphatic carbocycles. The molecule has 0 heterocycles. The zero-order valence-corrected chi connectivity index (χ0v) is 12.5. The van der Waals surface area contributed by atoms with Gasteiger partial charge in [-0.3, -0.25) is 9.52 Å². The Labute approximate surface area is 126 Å². The molecular formula is C14H11ClFNO3S. The predicted octanol–water partition coefficient (Wildman–Crippen LogP) is 3.48. The van der Waals surface area contributed by atoms with Gasteiger partial charge in [0, 0.05) is 16.3 Å². The van der Waals surface area contributed by atoms with E-state index in [0.717, 1.165) is 12.1 Å². The minimum absolute atomic E-state index is 0.106. The number of rotatable bonds is 4. The quantitative estimate of drug-likeness (QED) is 0.874. The molecule has 1 N–H and O–H groups in total. The summed E-state index contributed by atoms with van der Waals surface area (Å²) in [5.74, 6) is -1.11. The highest BCUT2D eigenvalue weighted by atomic mass is 35.5. The normalized spacial score (nSPS) is 11.2. The SMILES string of the molecule is CC(=O)c1cccc(NS(=O)(=O)c2cc(Cl)ccc2F)c1. The van der Waals surface area contributed by atoms with Crippen LogP contribution >= 0.6 is 11.6 Å². The standard InChI is InChI=1S/C14H11ClFNO3S/c1-9(18)10-3-2-4-12(7-10)17-21(19,20)14-8-11(15)5-6-13(14)16/h2-8,17H,1H3. The maximum absolute atomic E-state index is 13.6. The van der Waals surface area contributed by atoms with Gasteiger partial charge in [-0.05, 0) is 37.3 Å². The molecule has 0 saturated carbocycles. The van der Waals surface area contributed by atoms with Crippen molar-refractivity contribution in [1.82, 2.24) is 0 Å². The Bertz CT molecular complexity index is 806. The van der Waals surface area contributed by atoms with Crippen molar-refractivity contribution in [3.63, 3.8) is 0 Å². The molecule has 2 aromatic rings. The molecule has 21 heavy (non-hydrogen) atoms. The van der Waals surface area contributed by atoms with E-state index in [1.807, 2.05) is 0 Å². The fourth-order valence-electron chi connectivity index (χ4n) is 1.69. The number of hydrogen-bond acceptors (Lipinski definition) is 3. The van der Waals surface area contributed by atoms with Crippen LogP contribution in [0.1, 0.15) is 17.3 Å². The summed E-state index contributed by atoms with van der Waals surface area (Å²) < 4.78 is 40.2. The topological polar surface area (TPSA) is 63.2 Å². The van der Waals surface area contributed by atoms with Crippen molar-refractivity contribution in [2.75, 3.05) is 4.72 Å². The highest BCUT2D eigenvalue weighted by molar-refractivity contribution is 7.92. The smallest absolute Gasteiger partial charge is 0.264 e. The number of carbonyl (C=O) groups excluding carboxylic acids is 1. The van der Waals surface area contributed by atoms with Gasteiger partial charge < -0.3 is 0 Å². The number of Topliss-reactive ketones (excluding diaryl/α,β-unsaturated/α-hetero) is 1. The molecule has 0 aromatic heterocycles. The van der Waals surface area contributed by atoms with Crippen LogP contribution in [-0.2, 0) is 10.0 Å². The molecule has 0 saturated heterocycles. The molecular weight excluding hydrogens is 317 g/mol. The lowest BCUT2D eigenvalue weighted by Crippen LogP contribution is -2.15. The first kappa shape index (κ1) is 15.5. The molecule has 0 aliphatic heterocycles. The molecule has 0 fully saturated rings. The Kier molecular flexibility index (Phi) is 4.29. The van der Waals surface area contributed by atoms with Gasteiger partial charge in [-0.2, -0.15) is 0 Å². The van der Waals surface area contributed by atoms with E-state index in [4.69, 9.17) is 11.6 Å². The van der Waals surface area contributed by atoms with Crippen molar-refractivity contribution in [2.45, 2.75) is 11.8 Å². The van der Waals surface area contributed by atoms with Gasteiger partial charge in [-0.15, -0.1) is 0 Å². The zero-order valence-electron chi connectivity index (χ0n) is 10.9. The summed E-state index contributed by atoms with van der Waals surface area (Å²) in [6.07, 6.45) is 0. The van der Waals surface area contributed by atoms with Crippen molar-refractivity contribution >= 4 is 33.1 Å². The van der Waals surface area contributed by atoms with Crippen LogP contribution in [0, 0.1) is 5.82 Å². The number of benzene rings is 2. The second-order valence-corrected chi connectivity index (χ2v) is 6.40. The summed E-state index contributed by atoms with van der Waals surface area (Å²) >= 11 is 5.69. The number of sulfonamides is 1. The van der Waals surface area contributed by atoms with Gasteiger partial charge in [0.05, 0.1) is 0 Å². The molecule has 0 atom stereocenters. The summed E-state index contributed by atoms with van der Waals surface area (Å²) in [6, 6.07) is 9.18. The summed E-state index contributed by atoms with van der Waals surface area (Å²) in [6.45, 7) is 1.37. The van der Waals surface area contributed by atoms with Crippen LogP contribution in [0.25, 0.3) is 0 Å². The van der Waals surface area contributed by atoms with Crippen molar-refractivity contribution in [3.05, 3.63) is 58.9 Å². The largest absolute Gasteiger partial charge is 0.295 e. The van der Waals surface area contributed by atoms with Gasteiger partial charge >= 0.3 is 0 Å². The summed E-state index contributed by atoms with van der Waals surface area (Å²) in [5, 5.41) is 0.106. The van der Waals surface area contributed by atoms with Crippen molar-refractivity contribution in [3.8, 4) is 0 Å². The van der Waals surface area contributed by atoms with Gasteiger partial charge in [-0.25, -0.2) is 12.8 Å². The summed E-state index contributed by atoms with van der Waals surface area (Å²) in [7, 11) is -4.13. The Morgan fingerprint density at radius 3 is 2.57 bits per heavy atom. The molecule has 7 heteroatoms. The van der Waals surface area contributed by atoms with E-state index in [2.05, 4.69) is 4.72 Å². The molecule has 0 bridgehead atoms. The van der Waals surface area contributed by atoms with Gasteiger partial charge in [0.25, 0.3) is 10.0 Å². The van der Waals surface area contributed by atoms with Crippen LogP contribution in [0.15, 0.2) is 47.4 Å². The zero-order chi connectivity index (χ0) is 15.6. The van der Waals surface area contributed by atoms with Crippen LogP contribution in [0.3, 0.4) is 0 Å². The second-order valence-electron chi connectivity index (χ2n) is 4.32. The van der Waals surface area contributed by atoms with Crippen LogP contribution < -0.4 is 4.72 Å². The molecule has 0 amide bonds. The third kappa shape index (κ3) is 3.59. The van der Waals surface area contributed by atoms with E-state index in [0.29, 0.717) is 5.56 Å². The molecule has 110 valence electrons. The lowest BCUT2D eigenvalue weighted by molar-refractivity contribution is 0.101. The Morgan fingerprint density at radius 1 is 1.19 bits per heavy atom. The fraction of sp³-hybridized carbons (Fsp3) is 0.0714. The number of nitrogens with one attached hydrogen (secondary N) is 1. The van der Waals surface area contributed by atoms with Crippen LogP contribution in [0.4, 0.5) is 10.1 Å². The molecule has 0 aliphatic rings. The van der Waals surface area contributed by atoms with Gasteiger partial charge in [0.2, 0.25) is 0 Å². The monoisotopic (exact) mass is 327 g/mol. The van der Waals surface area contributed by atoms with Gasteiger partial charge in [-0.1, -0.05) is 23.7 Å². The first-order valence-corrected chi connectivity index (χ1v) is 7.74. The van der Waals surface area contributed by atoms with E-state index >= 15 is 0 Å². The second kappa shape index (κ2) is 5.83. The molecule has 0 spiro atoms. The number of anilines is 1. The molecule has 4 nitrogen and oxygen atoms in total. The number of halogens is 2. The lowest BCUT2D eigenvalue weighted by Gasteiger charge is -2.10. The minimum Gasteiger partial charge on any atom is -0.295 e. The lowest BCUT2D eigenvalue weighted by atomic mass is 10.1. The van der Waals surface area contributed by atoms with Crippen molar-refractivity contribution in [1.29, 1.82) is 0 Å². The third-order valence-corrected chi connectivity index (χ3v) is 4.34. The van der Waals surface area contributed by atoms with Gasteiger partial charge in [0.1, 0.15) is 10.7 Å². The average Bonchev–Trinajstić information content (AvgIpc) is 2.41. The van der Waals surface area contributed by atoms with Crippen LogP contribution in [0.5, 0.6) is 0 Å². The number of hydrogen-bond donors (Lipinski definition) is 1. The van der Waals surface area contributed by atoms with E-state index in [9.17, 15) is 17.6 Å². The van der Waals surface area contributed by atoms with Crippen LogP contribution in [0.2, 0.25) is 5.02 Å². The Hall–Kier alpha value is -1.92. The van der Waals surface area contributed by atoms with Crippen molar-refractivity contribution < 1.29 is 17.6 Å². The first-order valence-electron chi connectivity index (χ1n) is 5.88. The van der Waals surface area contributed by atoms with Crippen molar-refractivity contribution in [2.24, 2.45) is 0 Å². The summed E-state index contributed by atoms with van der Waals surface area (Å²) in [5.41, 5.74) is 0.517. The average molecular weight is 328 g/mol. The Balaban J connectivity index is 2.40. The fourth-order valence-corrected chi connectivity index (χ4v) is 3.09. The molecule has 2 aromatic carbocycles. The highest BCUT2D eigenvalue weighted by Crippen LogP contribution is 2.22. The summed E-state index contributed by atoms with van der Waals surface area (Å²) in [4.78, 5) is 10.7. The number of carbonyl (C=O) groups is 1. The molecule has 2 rings (SSSR count). The third-order valence-electron chi connectivity index (χ3n) is 2.70. The van der Waals surface area contributed by atoms with Gasteiger partial charge in [0.15, 0.2) is 5.78 Å². The maximum Gasteiger partial charge on any atom is 0.264 e. The molecule has 0 radical (unpaired) electrons. The highest BCUT2D eigenvalue weighted by Gasteiger charge is 2.20. The molecule has 0 unspecified atom stereocenters. The predicted molar refractivity (Wildman–Crippen MR) is 78.7 cm³/mol. The van der Waals surface area contributed by atoms with Crippen LogP contribution in [-0.4, -0.2) is 14.2 Å². The minimum atomic E-state index is -4.13. The Morgan fingerprint density at radius 2 is 1.90 bits per heavy atom. The maximum atomic E-state index is 13.6. The van der Waals surface area contributed by atoms with E-state index in [1.54, 1.807) is 6.07 Å². The van der Waals surface area contributed by atoms with E-state index < -0.39 is 20.7 Å². The first-order chi connectivity index (χ1) is 9.79.